The van der Waals surface area contributed by atoms with E-state index in [-0.39, 0.29) is 11.7 Å². The summed E-state index contributed by atoms with van der Waals surface area (Å²) >= 11 is 0. The molecule has 0 radical (unpaired) electrons. The average molecular weight is 525 g/mol. The average Bonchev–Trinajstić information content (AvgIpc) is 2.81. The van der Waals surface area contributed by atoms with Crippen LogP contribution in [0.4, 0.5) is 4.39 Å². The first-order valence-corrected chi connectivity index (χ1v) is 15.9. The number of hydrogen-bond donors (Lipinski definition) is 0. The van der Waals surface area contributed by atoms with Gasteiger partial charge in [0.1, 0.15) is 18.2 Å². The first-order valence-electron chi connectivity index (χ1n) is 13.1. The maximum atomic E-state index is 14.8. The highest BCUT2D eigenvalue weighted by molar-refractivity contribution is 7.62. The highest BCUT2D eigenvalue weighted by Gasteiger charge is 2.19. The molecular weight excluding hydrogens is 482 g/mol. The van der Waals surface area contributed by atoms with Crippen LogP contribution in [-0.2, 0) is 17.7 Å². The van der Waals surface area contributed by atoms with E-state index in [4.69, 9.17) is 4.74 Å². The summed E-state index contributed by atoms with van der Waals surface area (Å²) in [5, 5.41) is 0. The van der Waals surface area contributed by atoms with Gasteiger partial charge >= 0.3 is 0 Å². The molecule has 3 aromatic rings. The summed E-state index contributed by atoms with van der Waals surface area (Å²) in [7, 11) is -2.11. The van der Waals surface area contributed by atoms with E-state index in [0.717, 1.165) is 33.7 Å². The fourth-order valence-electron chi connectivity index (χ4n) is 4.88. The number of rotatable bonds is 11. The topological polar surface area (TPSA) is 42.4 Å². The van der Waals surface area contributed by atoms with Gasteiger partial charge in [-0.05, 0) is 94.3 Å². The van der Waals surface area contributed by atoms with Crippen molar-refractivity contribution in [3.63, 3.8) is 0 Å². The fraction of sp³-hybridized carbons (Fsp3) is 0.452. The minimum atomic E-state index is -2.11. The minimum Gasteiger partial charge on any atom is -0.489 e. The van der Waals surface area contributed by atoms with Gasteiger partial charge < -0.3 is 9.30 Å². The van der Waals surface area contributed by atoms with Crippen LogP contribution in [0.15, 0.2) is 54.7 Å². The van der Waals surface area contributed by atoms with Crippen molar-refractivity contribution in [2.24, 2.45) is 0 Å². The first kappa shape index (κ1) is 29.1. The first-order chi connectivity index (χ1) is 17.3. The number of nitrogens with zero attached hydrogens (tertiary/aromatic N) is 2. The van der Waals surface area contributed by atoms with Crippen LogP contribution in [0.2, 0.25) is 0 Å². The number of halogens is 1. The molecule has 0 saturated carbocycles. The van der Waals surface area contributed by atoms with Gasteiger partial charge in [0.05, 0.1) is 13.3 Å². The van der Waals surface area contributed by atoms with Crippen LogP contribution >= 0.6 is 7.14 Å². The maximum absolute atomic E-state index is 14.8. The predicted molar refractivity (Wildman–Crippen MR) is 154 cm³/mol. The van der Waals surface area contributed by atoms with Crippen LogP contribution in [0.1, 0.15) is 62.9 Å². The lowest BCUT2D eigenvalue weighted by Crippen LogP contribution is -2.36. The summed E-state index contributed by atoms with van der Waals surface area (Å²) in [4.78, 5) is 6.51. The van der Waals surface area contributed by atoms with E-state index < -0.39 is 7.14 Å². The van der Waals surface area contributed by atoms with Gasteiger partial charge in [-0.1, -0.05) is 37.3 Å². The summed E-state index contributed by atoms with van der Waals surface area (Å²) in [6, 6.07) is 16.7. The molecule has 0 aliphatic carbocycles. The number of aromatic nitrogens is 1. The highest BCUT2D eigenvalue weighted by Crippen LogP contribution is 2.41. The molecule has 6 heteroatoms. The van der Waals surface area contributed by atoms with Gasteiger partial charge in [-0.25, -0.2) is 4.39 Å². The van der Waals surface area contributed by atoms with Crippen LogP contribution in [-0.4, -0.2) is 41.5 Å². The molecule has 0 fully saturated rings. The van der Waals surface area contributed by atoms with Crippen LogP contribution in [0, 0.1) is 12.7 Å². The Morgan fingerprint density at radius 2 is 1.68 bits per heavy atom. The molecule has 0 N–H and O–H groups in total. The van der Waals surface area contributed by atoms with Crippen LogP contribution in [0.3, 0.4) is 0 Å². The highest BCUT2D eigenvalue weighted by atomic mass is 31.2. The van der Waals surface area contributed by atoms with E-state index >= 15 is 0 Å². The molecule has 4 nitrogen and oxygen atoms in total. The molecule has 0 bridgehead atoms. The maximum Gasteiger partial charge on any atom is 0.149 e. The second-order valence-electron chi connectivity index (χ2n) is 11.2. The third kappa shape index (κ3) is 8.25. The molecule has 0 amide bonds. The molecule has 0 aliphatic heterocycles. The van der Waals surface area contributed by atoms with Crippen LogP contribution in [0.25, 0.3) is 11.1 Å². The Bertz CT molecular complexity index is 1240. The molecule has 0 spiro atoms. The Morgan fingerprint density at radius 1 is 0.973 bits per heavy atom. The SMILES string of the molecule is Cc1cc(-c2ccc(COc3cccc([C@@H](C)CP(C)(C)=O)c3)cc2CN(C(C)C)C(C)C)c(F)cn1. The van der Waals surface area contributed by atoms with E-state index in [1.807, 2.05) is 56.7 Å². The number of hydrogen-bond acceptors (Lipinski definition) is 4. The third-order valence-corrected chi connectivity index (χ3v) is 8.10. The molecule has 1 aromatic heterocycles. The molecule has 0 saturated heterocycles. The van der Waals surface area contributed by atoms with Crippen LogP contribution in [0.5, 0.6) is 5.75 Å². The fourth-order valence-corrected chi connectivity index (χ4v) is 6.41. The summed E-state index contributed by atoms with van der Waals surface area (Å²) in [6.45, 7) is 17.5. The summed E-state index contributed by atoms with van der Waals surface area (Å²) in [6.07, 6.45) is 1.98. The number of aryl methyl sites for hydroxylation is 1. The van der Waals surface area contributed by atoms with Gasteiger partial charge in [0.15, 0.2) is 0 Å². The predicted octanol–water partition coefficient (Wildman–Crippen LogP) is 8.12. The van der Waals surface area contributed by atoms with Gasteiger partial charge in [-0.15, -0.1) is 0 Å². The lowest BCUT2D eigenvalue weighted by Gasteiger charge is -2.31. The van der Waals surface area contributed by atoms with Gasteiger partial charge in [0.2, 0.25) is 0 Å². The van der Waals surface area contributed by atoms with E-state index in [1.165, 1.54) is 6.20 Å². The van der Waals surface area contributed by atoms with Crippen molar-refractivity contribution in [3.05, 3.63) is 82.9 Å². The molecule has 1 heterocycles. The molecule has 37 heavy (non-hydrogen) atoms. The zero-order valence-electron chi connectivity index (χ0n) is 23.6. The molecule has 3 rings (SSSR count). The Hall–Kier alpha value is -2.49. The largest absolute Gasteiger partial charge is 0.489 e. The van der Waals surface area contributed by atoms with Crippen molar-refractivity contribution in [1.82, 2.24) is 9.88 Å². The third-order valence-electron chi connectivity index (χ3n) is 6.68. The standard InChI is InChI=1S/C31H42FN2O2P/c1-21(2)34(22(3)4)18-27-15-25(12-13-29(27)30-14-24(6)33-17-31(30)32)19-36-28-11-9-10-26(16-28)23(5)20-37(7,8)35/h9-17,21-23H,18-20H2,1-8H3/t23-/m0/s1. The van der Waals surface area contributed by atoms with Crippen molar-refractivity contribution >= 4 is 7.14 Å². The monoisotopic (exact) mass is 524 g/mol. The zero-order valence-corrected chi connectivity index (χ0v) is 24.5. The molecular formula is C31H42FN2O2P. The Kier molecular flexibility index (Phi) is 9.72. The van der Waals surface area contributed by atoms with Crippen molar-refractivity contribution in [2.75, 3.05) is 19.5 Å². The van der Waals surface area contributed by atoms with Crippen molar-refractivity contribution in [3.8, 4) is 16.9 Å². The van der Waals surface area contributed by atoms with Crippen molar-refractivity contribution in [2.45, 2.75) is 72.7 Å². The number of ether oxygens (including phenoxy) is 1. The molecule has 0 aliphatic rings. The summed E-state index contributed by atoms with van der Waals surface area (Å²) in [5.74, 6) is 0.678. The second-order valence-corrected chi connectivity index (χ2v) is 14.7. The minimum absolute atomic E-state index is 0.201. The van der Waals surface area contributed by atoms with Crippen molar-refractivity contribution in [1.29, 1.82) is 0 Å². The normalized spacial score (nSPS) is 13.0. The summed E-state index contributed by atoms with van der Waals surface area (Å²) in [5.41, 5.74) is 5.48. The van der Waals surface area contributed by atoms with E-state index in [2.05, 4.69) is 56.6 Å². The quantitative estimate of drug-likeness (QED) is 0.238. The second kappa shape index (κ2) is 12.4. The molecule has 200 valence electrons. The van der Waals surface area contributed by atoms with E-state index in [1.54, 1.807) is 0 Å². The molecule has 2 aromatic carbocycles. The molecule has 0 unspecified atom stereocenters. The van der Waals surface area contributed by atoms with E-state index in [9.17, 15) is 8.96 Å². The van der Waals surface area contributed by atoms with E-state index in [0.29, 0.717) is 37.0 Å². The Balaban J connectivity index is 1.89. The van der Waals surface area contributed by atoms with Crippen LogP contribution < -0.4 is 4.74 Å². The van der Waals surface area contributed by atoms with Gasteiger partial charge in [0.25, 0.3) is 0 Å². The molecule has 1 atom stereocenters. The number of benzene rings is 2. The Labute approximate surface area is 222 Å². The Morgan fingerprint density at radius 3 is 2.32 bits per heavy atom. The lowest BCUT2D eigenvalue weighted by molar-refractivity contribution is 0.166. The zero-order chi connectivity index (χ0) is 27.3. The van der Waals surface area contributed by atoms with Gasteiger partial charge in [-0.2, -0.15) is 0 Å². The number of pyridine rings is 1. The van der Waals surface area contributed by atoms with Crippen molar-refractivity contribution < 1.29 is 13.7 Å². The van der Waals surface area contributed by atoms with Gasteiger partial charge in [-0.3, -0.25) is 9.88 Å². The summed E-state index contributed by atoms with van der Waals surface area (Å²) < 4.78 is 33.3. The lowest BCUT2D eigenvalue weighted by atomic mass is 9.96. The smallest absolute Gasteiger partial charge is 0.149 e. The van der Waals surface area contributed by atoms with Gasteiger partial charge in [0, 0.05) is 36.0 Å².